The van der Waals surface area contributed by atoms with Gasteiger partial charge in [-0.3, -0.25) is 0 Å². The van der Waals surface area contributed by atoms with Crippen molar-refractivity contribution < 1.29 is 12.8 Å². The highest BCUT2D eigenvalue weighted by molar-refractivity contribution is 7.88. The summed E-state index contributed by atoms with van der Waals surface area (Å²) < 4.78 is 34.1. The Hall–Kier alpha value is -1.45. The standard InChI is InChI=1S/C8H7FN2O2S/c9-8-2-1-6(5-14(11,12)13)7(3-8)4-10/h1-3H,5H2,(H2,11,12,13). The summed E-state index contributed by atoms with van der Waals surface area (Å²) in [7, 11) is -3.70. The Bertz CT molecular complexity index is 491. The summed E-state index contributed by atoms with van der Waals surface area (Å²) in [5.74, 6) is -1.05. The molecule has 0 amide bonds. The summed E-state index contributed by atoms with van der Waals surface area (Å²) >= 11 is 0. The number of nitrogens with zero attached hydrogens (tertiary/aromatic N) is 1. The molecular weight excluding hydrogens is 207 g/mol. The maximum absolute atomic E-state index is 12.6. The highest BCUT2D eigenvalue weighted by Gasteiger charge is 2.10. The molecule has 0 aliphatic carbocycles. The number of hydrogen-bond donors (Lipinski definition) is 1. The smallest absolute Gasteiger partial charge is 0.213 e. The maximum atomic E-state index is 12.6. The van der Waals surface area contributed by atoms with Gasteiger partial charge in [0.2, 0.25) is 10.0 Å². The van der Waals surface area contributed by atoms with Crippen LogP contribution in [0.15, 0.2) is 18.2 Å². The van der Waals surface area contributed by atoms with Crippen LogP contribution in [0.5, 0.6) is 0 Å². The van der Waals surface area contributed by atoms with E-state index < -0.39 is 21.6 Å². The van der Waals surface area contributed by atoms with Gasteiger partial charge in [-0.25, -0.2) is 17.9 Å². The van der Waals surface area contributed by atoms with E-state index in [1.54, 1.807) is 6.07 Å². The second-order valence-electron chi connectivity index (χ2n) is 2.72. The van der Waals surface area contributed by atoms with Gasteiger partial charge in [-0.05, 0) is 17.7 Å². The lowest BCUT2D eigenvalue weighted by Crippen LogP contribution is -2.15. The molecule has 74 valence electrons. The fourth-order valence-electron chi connectivity index (χ4n) is 0.995. The molecule has 0 aromatic heterocycles. The predicted octanol–water partition coefficient (Wildman–Crippen LogP) is 0.486. The lowest BCUT2D eigenvalue weighted by molar-refractivity contribution is 0.596. The zero-order valence-electron chi connectivity index (χ0n) is 7.07. The van der Waals surface area contributed by atoms with Crippen LogP contribution in [-0.2, 0) is 15.8 Å². The molecule has 0 fully saturated rings. The van der Waals surface area contributed by atoms with E-state index in [2.05, 4.69) is 0 Å². The van der Waals surface area contributed by atoms with E-state index in [0.29, 0.717) is 0 Å². The number of sulfonamides is 1. The van der Waals surface area contributed by atoms with Crippen molar-refractivity contribution in [3.63, 3.8) is 0 Å². The Balaban J connectivity index is 3.17. The number of hydrogen-bond acceptors (Lipinski definition) is 3. The first-order valence-electron chi connectivity index (χ1n) is 3.61. The van der Waals surface area contributed by atoms with Crippen LogP contribution in [0.3, 0.4) is 0 Å². The van der Waals surface area contributed by atoms with E-state index in [0.717, 1.165) is 12.1 Å². The van der Waals surface area contributed by atoms with E-state index >= 15 is 0 Å². The SMILES string of the molecule is N#Cc1cc(F)ccc1CS(N)(=O)=O. The molecule has 2 N–H and O–H groups in total. The first-order valence-corrected chi connectivity index (χ1v) is 5.33. The lowest BCUT2D eigenvalue weighted by Gasteiger charge is -2.01. The second kappa shape index (κ2) is 3.74. The van der Waals surface area contributed by atoms with E-state index in [9.17, 15) is 12.8 Å². The molecule has 0 heterocycles. The summed E-state index contributed by atoms with van der Waals surface area (Å²) in [6.45, 7) is 0. The van der Waals surface area contributed by atoms with E-state index in [-0.39, 0.29) is 11.1 Å². The first kappa shape index (κ1) is 10.6. The molecule has 0 aliphatic heterocycles. The van der Waals surface area contributed by atoms with Crippen molar-refractivity contribution >= 4 is 10.0 Å². The number of nitriles is 1. The molecule has 6 heteroatoms. The minimum atomic E-state index is -3.70. The monoisotopic (exact) mass is 214 g/mol. The molecule has 0 bridgehead atoms. The van der Waals surface area contributed by atoms with Gasteiger partial charge in [0, 0.05) is 0 Å². The largest absolute Gasteiger partial charge is 0.228 e. The van der Waals surface area contributed by atoms with Gasteiger partial charge >= 0.3 is 0 Å². The van der Waals surface area contributed by atoms with Crippen molar-refractivity contribution in [2.75, 3.05) is 0 Å². The van der Waals surface area contributed by atoms with Gasteiger partial charge in [0.05, 0.1) is 17.4 Å². The van der Waals surface area contributed by atoms with Crippen molar-refractivity contribution in [2.45, 2.75) is 5.75 Å². The van der Waals surface area contributed by atoms with Gasteiger partial charge in [-0.15, -0.1) is 0 Å². The zero-order valence-corrected chi connectivity index (χ0v) is 7.88. The molecule has 0 saturated heterocycles. The summed E-state index contributed by atoms with van der Waals surface area (Å²) in [6, 6.07) is 4.99. The average Bonchev–Trinajstić information content (AvgIpc) is 2.06. The highest BCUT2D eigenvalue weighted by Crippen LogP contribution is 2.12. The van der Waals surface area contributed by atoms with Crippen LogP contribution in [0.4, 0.5) is 4.39 Å². The summed E-state index contributed by atoms with van der Waals surface area (Å²) in [5, 5.41) is 13.4. The molecule has 14 heavy (non-hydrogen) atoms. The van der Waals surface area contributed by atoms with Crippen molar-refractivity contribution in [1.82, 2.24) is 0 Å². The third kappa shape index (κ3) is 2.80. The number of nitrogens with two attached hydrogens (primary N) is 1. The predicted molar refractivity (Wildman–Crippen MR) is 47.9 cm³/mol. The highest BCUT2D eigenvalue weighted by atomic mass is 32.2. The fraction of sp³-hybridized carbons (Fsp3) is 0.125. The Morgan fingerprint density at radius 1 is 1.50 bits per heavy atom. The first-order chi connectivity index (χ1) is 6.42. The summed E-state index contributed by atoms with van der Waals surface area (Å²) in [6.07, 6.45) is 0. The van der Waals surface area contributed by atoms with Crippen LogP contribution < -0.4 is 5.14 Å². The molecule has 1 aromatic rings. The molecule has 0 unspecified atom stereocenters. The zero-order chi connectivity index (χ0) is 10.8. The van der Waals surface area contributed by atoms with Crippen molar-refractivity contribution in [3.8, 4) is 6.07 Å². The van der Waals surface area contributed by atoms with Crippen LogP contribution in [0, 0.1) is 17.1 Å². The van der Waals surface area contributed by atoms with Crippen LogP contribution >= 0.6 is 0 Å². The van der Waals surface area contributed by atoms with Crippen molar-refractivity contribution in [2.24, 2.45) is 5.14 Å². The Morgan fingerprint density at radius 2 is 2.14 bits per heavy atom. The van der Waals surface area contributed by atoms with E-state index in [1.165, 1.54) is 6.07 Å². The number of halogens is 1. The van der Waals surface area contributed by atoms with Crippen molar-refractivity contribution in [3.05, 3.63) is 35.1 Å². The van der Waals surface area contributed by atoms with Crippen LogP contribution in [0.1, 0.15) is 11.1 Å². The molecule has 0 atom stereocenters. The fourth-order valence-corrected chi connectivity index (χ4v) is 1.68. The van der Waals surface area contributed by atoms with Gasteiger partial charge in [0.25, 0.3) is 0 Å². The van der Waals surface area contributed by atoms with Gasteiger partial charge in [0.15, 0.2) is 0 Å². The van der Waals surface area contributed by atoms with Crippen LogP contribution in [-0.4, -0.2) is 8.42 Å². The molecule has 0 saturated carbocycles. The molecule has 0 radical (unpaired) electrons. The van der Waals surface area contributed by atoms with Gasteiger partial charge in [-0.2, -0.15) is 5.26 Å². The number of benzene rings is 1. The average molecular weight is 214 g/mol. The number of rotatable bonds is 2. The molecule has 1 aromatic carbocycles. The Morgan fingerprint density at radius 3 is 2.64 bits per heavy atom. The minimum Gasteiger partial charge on any atom is -0.228 e. The molecular formula is C8H7FN2O2S. The maximum Gasteiger partial charge on any atom is 0.213 e. The van der Waals surface area contributed by atoms with Gasteiger partial charge < -0.3 is 0 Å². The molecule has 4 nitrogen and oxygen atoms in total. The van der Waals surface area contributed by atoms with Gasteiger partial charge in [0.1, 0.15) is 5.82 Å². The van der Waals surface area contributed by atoms with E-state index in [1.807, 2.05) is 0 Å². The Kier molecular flexibility index (Phi) is 2.84. The van der Waals surface area contributed by atoms with Crippen LogP contribution in [0.2, 0.25) is 0 Å². The summed E-state index contributed by atoms with van der Waals surface area (Å²) in [4.78, 5) is 0. The quantitative estimate of drug-likeness (QED) is 0.777. The minimum absolute atomic E-state index is 0.0148. The number of primary sulfonamides is 1. The Labute approximate surface area is 80.8 Å². The molecule has 1 rings (SSSR count). The van der Waals surface area contributed by atoms with Crippen molar-refractivity contribution in [1.29, 1.82) is 5.26 Å². The van der Waals surface area contributed by atoms with Crippen LogP contribution in [0.25, 0.3) is 0 Å². The topological polar surface area (TPSA) is 83.9 Å². The second-order valence-corrected chi connectivity index (χ2v) is 4.33. The van der Waals surface area contributed by atoms with E-state index in [4.69, 9.17) is 10.4 Å². The molecule has 0 aliphatic rings. The van der Waals surface area contributed by atoms with Gasteiger partial charge in [-0.1, -0.05) is 6.07 Å². The normalized spacial score (nSPS) is 10.9. The third-order valence-corrected chi connectivity index (χ3v) is 2.26. The lowest BCUT2D eigenvalue weighted by atomic mass is 10.1. The summed E-state index contributed by atoms with van der Waals surface area (Å²) in [5.41, 5.74) is 0.190. The molecule has 0 spiro atoms. The third-order valence-electron chi connectivity index (χ3n) is 1.55.